The second kappa shape index (κ2) is 11.1. The van der Waals surface area contributed by atoms with Crippen LogP contribution >= 0.6 is 0 Å². The summed E-state index contributed by atoms with van der Waals surface area (Å²) in [6.07, 6.45) is 1.14. The maximum absolute atomic E-state index is 13.3. The fraction of sp³-hybridized carbons (Fsp3) is 0.750. The van der Waals surface area contributed by atoms with E-state index in [1.165, 1.54) is 0 Å². The van der Waals surface area contributed by atoms with Crippen molar-refractivity contribution < 1.29 is 83.2 Å². The van der Waals surface area contributed by atoms with Gasteiger partial charge in [0.15, 0.2) is 0 Å². The van der Waals surface area contributed by atoms with Crippen molar-refractivity contribution in [2.24, 2.45) is 0 Å². The predicted molar refractivity (Wildman–Crippen MR) is 94.7 cm³/mol. The monoisotopic (exact) mass is 607 g/mol. The largest absolute Gasteiger partial charge is 0.438 e. The molecule has 0 aliphatic heterocycles. The van der Waals surface area contributed by atoms with Crippen molar-refractivity contribution in [2.45, 2.75) is 60.1 Å². The smallest absolute Gasteiger partial charge is 0.310 e. The Labute approximate surface area is 198 Å². The zero-order valence-electron chi connectivity index (χ0n) is 17.9. The van der Waals surface area contributed by atoms with Crippen LogP contribution < -0.4 is 5.32 Å². The first-order chi connectivity index (χ1) is 16.0. The van der Waals surface area contributed by atoms with Crippen LogP contribution in [0.4, 0.5) is 70.2 Å². The Morgan fingerprint density at radius 3 is 1.14 bits per heavy atom. The molecule has 21 heteroatoms. The van der Waals surface area contributed by atoms with Gasteiger partial charge in [0.05, 0.1) is 0 Å². The van der Waals surface area contributed by atoms with E-state index in [4.69, 9.17) is 4.55 Å². The normalized spacial score (nSPS) is 15.1. The maximum atomic E-state index is 13.3. The molecular formula is C16H17F16NO3S. The molecule has 0 unspecified atom stereocenters. The van der Waals surface area contributed by atoms with E-state index >= 15 is 0 Å². The molecular weight excluding hydrogens is 590 g/mol. The van der Waals surface area contributed by atoms with E-state index in [0.717, 1.165) is 13.1 Å². The van der Waals surface area contributed by atoms with Crippen LogP contribution in [0.15, 0.2) is 25.3 Å². The number of hydrogen-bond acceptors (Lipinski definition) is 3. The van der Waals surface area contributed by atoms with Crippen molar-refractivity contribution in [1.29, 1.82) is 0 Å². The third-order valence-corrected chi connectivity index (χ3v) is 5.05. The van der Waals surface area contributed by atoms with E-state index in [-0.39, 0.29) is 6.92 Å². The van der Waals surface area contributed by atoms with Crippen LogP contribution in [-0.4, -0.2) is 72.8 Å². The Morgan fingerprint density at radius 1 is 0.622 bits per heavy atom. The minimum absolute atomic E-state index is 0.101. The Hall–Kier alpha value is -1.77. The highest BCUT2D eigenvalue weighted by atomic mass is 32.2. The van der Waals surface area contributed by atoms with E-state index in [1.807, 2.05) is 12.2 Å². The summed E-state index contributed by atoms with van der Waals surface area (Å²) in [6, 6.07) is 0. The highest BCUT2D eigenvalue weighted by molar-refractivity contribution is 7.87. The maximum Gasteiger partial charge on any atom is 0.438 e. The molecule has 222 valence electrons. The molecule has 0 spiro atoms. The van der Waals surface area contributed by atoms with Gasteiger partial charge < -0.3 is 5.32 Å². The van der Waals surface area contributed by atoms with Crippen molar-refractivity contribution in [1.82, 2.24) is 5.32 Å². The molecule has 0 saturated carbocycles. The quantitative estimate of drug-likeness (QED) is 0.112. The molecule has 0 aromatic heterocycles. The van der Waals surface area contributed by atoms with Crippen LogP contribution in [0.25, 0.3) is 0 Å². The summed E-state index contributed by atoms with van der Waals surface area (Å²) in [7, 11) is -7.84. The molecule has 0 amide bonds. The van der Waals surface area contributed by atoms with Gasteiger partial charge in [-0.1, -0.05) is 19.1 Å². The van der Waals surface area contributed by atoms with Crippen LogP contribution in [0.5, 0.6) is 0 Å². The minimum atomic E-state index is -8.73. The van der Waals surface area contributed by atoms with Gasteiger partial charge in [0, 0.05) is 19.5 Å². The van der Waals surface area contributed by atoms with Crippen molar-refractivity contribution in [3.05, 3.63) is 25.3 Å². The van der Waals surface area contributed by atoms with E-state index < -0.39 is 63.3 Å². The summed E-state index contributed by atoms with van der Waals surface area (Å²) in [4.78, 5) is 0. The molecule has 0 aromatic rings. The van der Waals surface area contributed by atoms with Crippen LogP contribution in [0.2, 0.25) is 0 Å². The van der Waals surface area contributed by atoms with E-state index in [9.17, 15) is 78.7 Å². The number of nitrogens with one attached hydrogen (secondary N) is 1. The molecule has 2 N–H and O–H groups in total. The number of halogens is 16. The lowest BCUT2D eigenvalue weighted by atomic mass is 9.88. The summed E-state index contributed by atoms with van der Waals surface area (Å²) >= 11 is 0. The lowest BCUT2D eigenvalue weighted by Crippen LogP contribution is -2.75. The molecule has 0 bridgehead atoms. The first-order valence-corrected chi connectivity index (χ1v) is 10.3. The van der Waals surface area contributed by atoms with Crippen molar-refractivity contribution in [3.63, 3.8) is 0 Å². The van der Waals surface area contributed by atoms with Crippen molar-refractivity contribution in [3.8, 4) is 0 Å². The van der Waals surface area contributed by atoms with Crippen LogP contribution in [-0.2, 0) is 10.1 Å². The van der Waals surface area contributed by atoms with Gasteiger partial charge in [-0.05, 0) is 0 Å². The first kappa shape index (κ1) is 37.4. The molecule has 0 aliphatic carbocycles. The van der Waals surface area contributed by atoms with Gasteiger partial charge in [-0.2, -0.15) is 78.7 Å². The van der Waals surface area contributed by atoms with Gasteiger partial charge in [-0.25, -0.2) is 0 Å². The molecule has 0 rings (SSSR count). The Kier molecular flexibility index (Phi) is 11.3. The summed E-state index contributed by atoms with van der Waals surface area (Å²) in [6.45, 7) is 8.70. The predicted octanol–water partition coefficient (Wildman–Crippen LogP) is 6.27. The Morgan fingerprint density at radius 2 is 0.892 bits per heavy atom. The SMILES string of the molecule is C=CCNCC=C.CCC(F)(F)C(F)(F)C(F)(F)C(F)(F)C(F)(F)C(F)(F)C(F)(F)C(F)(F)S(=O)(=O)O. The van der Waals surface area contributed by atoms with Crippen LogP contribution in [0, 0.1) is 0 Å². The fourth-order valence-electron chi connectivity index (χ4n) is 1.87. The minimum Gasteiger partial charge on any atom is -0.310 e. The molecule has 0 aromatic carbocycles. The lowest BCUT2D eigenvalue weighted by molar-refractivity contribution is -0.449. The van der Waals surface area contributed by atoms with Crippen LogP contribution in [0.3, 0.4) is 0 Å². The van der Waals surface area contributed by atoms with Gasteiger partial charge in [0.2, 0.25) is 0 Å². The third-order valence-electron chi connectivity index (χ3n) is 4.14. The lowest BCUT2D eigenvalue weighted by Gasteiger charge is -2.43. The zero-order valence-corrected chi connectivity index (χ0v) is 18.7. The molecule has 37 heavy (non-hydrogen) atoms. The molecule has 0 saturated heterocycles. The fourth-order valence-corrected chi connectivity index (χ4v) is 2.32. The van der Waals surface area contributed by atoms with Gasteiger partial charge in [-0.3, -0.25) is 4.55 Å². The van der Waals surface area contributed by atoms with Crippen molar-refractivity contribution in [2.75, 3.05) is 13.1 Å². The molecule has 0 atom stereocenters. The summed E-state index contributed by atoms with van der Waals surface area (Å²) in [5.74, 6) is -56.6. The van der Waals surface area contributed by atoms with Gasteiger partial charge >= 0.3 is 56.8 Å². The standard InChI is InChI=1S/C10H6F16O3S.C6H11N/c1-2-3(11,12)4(13,14)5(15,16)6(17,18)7(19,20)8(21,22)9(23,24)10(25,26)30(27,28)29;1-3-5-7-6-4-2/h2H2,1H3,(H,27,28,29);3-4,7H,1-2,5-6H2. The average Bonchev–Trinajstić information content (AvgIpc) is 2.72. The van der Waals surface area contributed by atoms with E-state index in [2.05, 4.69) is 18.5 Å². The van der Waals surface area contributed by atoms with Gasteiger partial charge in [0.25, 0.3) is 0 Å². The van der Waals surface area contributed by atoms with Gasteiger partial charge in [0.1, 0.15) is 0 Å². The number of hydrogen-bond donors (Lipinski definition) is 2. The van der Waals surface area contributed by atoms with Crippen LogP contribution in [0.1, 0.15) is 13.3 Å². The first-order valence-electron chi connectivity index (χ1n) is 8.89. The molecule has 0 aliphatic rings. The zero-order chi connectivity index (χ0) is 30.7. The number of alkyl halides is 16. The summed E-state index contributed by atoms with van der Waals surface area (Å²) in [5.41, 5.74) is 0. The Balaban J connectivity index is 0. The molecule has 0 fully saturated rings. The van der Waals surface area contributed by atoms with Gasteiger partial charge in [-0.15, -0.1) is 13.2 Å². The summed E-state index contributed by atoms with van der Waals surface area (Å²) in [5, 5.41) is -4.72. The second-order valence-corrected chi connectivity index (χ2v) is 8.19. The molecule has 0 heterocycles. The topological polar surface area (TPSA) is 66.4 Å². The highest BCUT2D eigenvalue weighted by Crippen LogP contribution is 2.64. The molecule has 0 radical (unpaired) electrons. The summed E-state index contributed by atoms with van der Waals surface area (Å²) < 4.78 is 237. The average molecular weight is 607 g/mol. The third kappa shape index (κ3) is 5.96. The molecule has 4 nitrogen and oxygen atoms in total. The van der Waals surface area contributed by atoms with E-state index in [1.54, 1.807) is 0 Å². The van der Waals surface area contributed by atoms with Crippen molar-refractivity contribution >= 4 is 10.1 Å². The Bertz CT molecular complexity index is 894. The van der Waals surface area contributed by atoms with E-state index in [0.29, 0.717) is 0 Å². The highest BCUT2D eigenvalue weighted by Gasteiger charge is 2.95. The second-order valence-electron chi connectivity index (χ2n) is 6.73. The number of rotatable bonds is 13.